The number of ether oxygens (including phenoxy) is 1. The van der Waals surface area contributed by atoms with Crippen molar-refractivity contribution in [2.75, 3.05) is 6.61 Å². The van der Waals surface area contributed by atoms with Crippen LogP contribution in [-0.2, 0) is 14.3 Å². The van der Waals surface area contributed by atoms with Crippen molar-refractivity contribution in [2.45, 2.75) is 32.1 Å². The Bertz CT molecular complexity index is 307. The minimum Gasteiger partial charge on any atom is -0.465 e. The van der Waals surface area contributed by atoms with E-state index in [2.05, 4.69) is 13.2 Å². The minimum absolute atomic E-state index is 0.0283. The van der Waals surface area contributed by atoms with Gasteiger partial charge in [0.1, 0.15) is 5.78 Å². The van der Waals surface area contributed by atoms with Crippen LogP contribution in [0.5, 0.6) is 0 Å². The van der Waals surface area contributed by atoms with Crippen molar-refractivity contribution < 1.29 is 14.3 Å². The molecule has 0 bridgehead atoms. The van der Waals surface area contributed by atoms with Crippen molar-refractivity contribution in [1.82, 2.24) is 0 Å². The molecule has 1 fully saturated rings. The Kier molecular flexibility index (Phi) is 5.67. The Balaban J connectivity index is 2.38. The first-order chi connectivity index (χ1) is 8.19. The van der Waals surface area contributed by atoms with Crippen molar-refractivity contribution in [1.29, 1.82) is 0 Å². The molecule has 1 saturated carbocycles. The number of carbonyl (C=O) groups excluding carboxylic acids is 2. The lowest BCUT2D eigenvalue weighted by atomic mass is 9.90. The van der Waals surface area contributed by atoms with E-state index in [-0.39, 0.29) is 23.6 Å². The summed E-state index contributed by atoms with van der Waals surface area (Å²) in [6, 6.07) is 0. The van der Waals surface area contributed by atoms with Crippen molar-refractivity contribution >= 4 is 11.8 Å². The maximum absolute atomic E-state index is 11.6. The molecular weight excluding hydrogens is 216 g/mol. The highest BCUT2D eigenvalue weighted by molar-refractivity contribution is 5.84. The van der Waals surface area contributed by atoms with Gasteiger partial charge in [0.25, 0.3) is 0 Å². The summed E-state index contributed by atoms with van der Waals surface area (Å²) in [6.07, 6.45) is 6.55. The highest BCUT2D eigenvalue weighted by Gasteiger charge is 2.34. The number of Topliss-reactive ketones (excluding diaryl/α,β-unsaturated/α-hetero) is 1. The smallest absolute Gasteiger partial charge is 0.306 e. The van der Waals surface area contributed by atoms with E-state index >= 15 is 0 Å². The molecule has 0 heterocycles. The molecule has 1 aliphatic rings. The number of hydrogen-bond donors (Lipinski definition) is 0. The fourth-order valence-electron chi connectivity index (χ4n) is 2.25. The lowest BCUT2D eigenvalue weighted by Crippen LogP contribution is -2.18. The highest BCUT2D eigenvalue weighted by Crippen LogP contribution is 2.34. The first-order valence-corrected chi connectivity index (χ1v) is 6.09. The number of rotatable bonds is 7. The van der Waals surface area contributed by atoms with Gasteiger partial charge in [-0.1, -0.05) is 12.2 Å². The van der Waals surface area contributed by atoms with Crippen LogP contribution < -0.4 is 0 Å². The molecule has 0 spiro atoms. The molecule has 1 aliphatic carbocycles. The summed E-state index contributed by atoms with van der Waals surface area (Å²) in [5.74, 6) is 0.158. The SMILES string of the molecule is C=CCCOC(=O)CC1CCC(=O)[C@@H]1CC=C. The van der Waals surface area contributed by atoms with Gasteiger partial charge in [-0.25, -0.2) is 0 Å². The van der Waals surface area contributed by atoms with Gasteiger partial charge < -0.3 is 4.74 Å². The number of carbonyl (C=O) groups is 2. The second kappa shape index (κ2) is 7.05. The summed E-state index contributed by atoms with van der Waals surface area (Å²) < 4.78 is 5.06. The molecule has 0 saturated heterocycles. The van der Waals surface area contributed by atoms with E-state index in [1.807, 2.05) is 0 Å². The number of hydrogen-bond acceptors (Lipinski definition) is 3. The molecule has 17 heavy (non-hydrogen) atoms. The fraction of sp³-hybridized carbons (Fsp3) is 0.571. The van der Waals surface area contributed by atoms with Crippen molar-refractivity contribution in [3.63, 3.8) is 0 Å². The molecule has 1 rings (SSSR count). The Morgan fingerprint density at radius 1 is 1.41 bits per heavy atom. The lowest BCUT2D eigenvalue weighted by molar-refractivity contribution is -0.144. The second-order valence-corrected chi connectivity index (χ2v) is 4.40. The number of ketones is 1. The van der Waals surface area contributed by atoms with Crippen LogP contribution in [0.4, 0.5) is 0 Å². The first-order valence-electron chi connectivity index (χ1n) is 6.09. The van der Waals surface area contributed by atoms with E-state index < -0.39 is 0 Å². The summed E-state index contributed by atoms with van der Waals surface area (Å²) >= 11 is 0. The molecule has 0 aromatic rings. The van der Waals surface area contributed by atoms with Crippen LogP contribution in [-0.4, -0.2) is 18.4 Å². The van der Waals surface area contributed by atoms with Gasteiger partial charge in [-0.15, -0.1) is 13.2 Å². The third kappa shape index (κ3) is 4.17. The predicted octanol–water partition coefficient (Wildman–Crippen LogP) is 2.67. The Morgan fingerprint density at radius 2 is 2.18 bits per heavy atom. The van der Waals surface area contributed by atoms with Crippen LogP contribution in [0, 0.1) is 11.8 Å². The minimum atomic E-state index is -0.208. The van der Waals surface area contributed by atoms with E-state index in [0.29, 0.717) is 32.3 Å². The average molecular weight is 236 g/mol. The molecule has 0 aliphatic heterocycles. The van der Waals surface area contributed by atoms with Crippen molar-refractivity contribution in [2.24, 2.45) is 11.8 Å². The summed E-state index contributed by atoms with van der Waals surface area (Å²) in [5.41, 5.74) is 0. The summed E-state index contributed by atoms with van der Waals surface area (Å²) in [7, 11) is 0. The van der Waals surface area contributed by atoms with E-state index in [0.717, 1.165) is 6.42 Å². The van der Waals surface area contributed by atoms with Gasteiger partial charge in [-0.05, 0) is 25.2 Å². The third-order valence-electron chi connectivity index (χ3n) is 3.18. The monoisotopic (exact) mass is 236 g/mol. The van der Waals surface area contributed by atoms with E-state index in [4.69, 9.17) is 4.74 Å². The molecule has 2 atom stereocenters. The molecule has 0 N–H and O–H groups in total. The quantitative estimate of drug-likeness (QED) is 0.388. The van der Waals surface area contributed by atoms with Gasteiger partial charge >= 0.3 is 5.97 Å². The zero-order valence-electron chi connectivity index (χ0n) is 10.2. The number of allylic oxidation sites excluding steroid dienone is 1. The second-order valence-electron chi connectivity index (χ2n) is 4.40. The Morgan fingerprint density at radius 3 is 2.82 bits per heavy atom. The first kappa shape index (κ1) is 13.7. The molecule has 0 radical (unpaired) electrons. The average Bonchev–Trinajstić information content (AvgIpc) is 2.62. The zero-order valence-corrected chi connectivity index (χ0v) is 10.2. The summed E-state index contributed by atoms with van der Waals surface area (Å²) in [4.78, 5) is 23.1. The van der Waals surface area contributed by atoms with E-state index in [1.54, 1.807) is 12.2 Å². The van der Waals surface area contributed by atoms with Gasteiger partial charge in [0.15, 0.2) is 0 Å². The maximum atomic E-state index is 11.6. The van der Waals surface area contributed by atoms with Gasteiger partial charge in [0.2, 0.25) is 0 Å². The maximum Gasteiger partial charge on any atom is 0.306 e. The van der Waals surface area contributed by atoms with Gasteiger partial charge in [0.05, 0.1) is 6.61 Å². The van der Waals surface area contributed by atoms with Gasteiger partial charge in [0, 0.05) is 18.8 Å². The van der Waals surface area contributed by atoms with Crippen LogP contribution in [0.25, 0.3) is 0 Å². The molecular formula is C14H20O3. The molecule has 0 amide bonds. The van der Waals surface area contributed by atoms with Crippen molar-refractivity contribution in [3.05, 3.63) is 25.3 Å². The lowest BCUT2D eigenvalue weighted by Gasteiger charge is -2.15. The highest BCUT2D eigenvalue weighted by atomic mass is 16.5. The predicted molar refractivity (Wildman–Crippen MR) is 66.4 cm³/mol. The van der Waals surface area contributed by atoms with Crippen LogP contribution in [0.15, 0.2) is 25.3 Å². The molecule has 0 aromatic heterocycles. The van der Waals surface area contributed by atoms with E-state index in [9.17, 15) is 9.59 Å². The Hall–Kier alpha value is -1.38. The summed E-state index contributed by atoms with van der Waals surface area (Å²) in [6.45, 7) is 7.60. The third-order valence-corrected chi connectivity index (χ3v) is 3.18. The van der Waals surface area contributed by atoms with E-state index in [1.165, 1.54) is 0 Å². The van der Waals surface area contributed by atoms with Gasteiger partial charge in [-0.3, -0.25) is 9.59 Å². The molecule has 0 aromatic carbocycles. The fourth-order valence-corrected chi connectivity index (χ4v) is 2.25. The molecule has 94 valence electrons. The van der Waals surface area contributed by atoms with Crippen LogP contribution in [0.2, 0.25) is 0 Å². The zero-order chi connectivity index (χ0) is 12.7. The molecule has 3 nitrogen and oxygen atoms in total. The number of esters is 1. The van der Waals surface area contributed by atoms with Crippen LogP contribution >= 0.6 is 0 Å². The normalized spacial score (nSPS) is 23.4. The standard InChI is InChI=1S/C14H20O3/c1-3-5-9-17-14(16)10-11-7-8-13(15)12(11)6-4-2/h3-4,11-12H,1-2,5-10H2/t11?,12-/m1/s1. The van der Waals surface area contributed by atoms with Crippen LogP contribution in [0.3, 0.4) is 0 Å². The largest absolute Gasteiger partial charge is 0.465 e. The topological polar surface area (TPSA) is 43.4 Å². The van der Waals surface area contributed by atoms with Gasteiger partial charge in [-0.2, -0.15) is 0 Å². The van der Waals surface area contributed by atoms with Crippen molar-refractivity contribution in [3.8, 4) is 0 Å². The molecule has 1 unspecified atom stereocenters. The Labute approximate surface area is 103 Å². The summed E-state index contributed by atoms with van der Waals surface area (Å²) in [5, 5.41) is 0. The molecule has 3 heteroatoms. The van der Waals surface area contributed by atoms with Crippen LogP contribution in [0.1, 0.15) is 32.1 Å².